The highest BCUT2D eigenvalue weighted by atomic mass is 19.1. The van der Waals surface area contributed by atoms with Crippen LogP contribution in [0.2, 0.25) is 0 Å². The van der Waals surface area contributed by atoms with Gasteiger partial charge in [-0.3, -0.25) is 0 Å². The molecule has 1 N–H and O–H groups in total. The van der Waals surface area contributed by atoms with Gasteiger partial charge in [-0.1, -0.05) is 19.4 Å². The maximum absolute atomic E-state index is 14.1. The summed E-state index contributed by atoms with van der Waals surface area (Å²) < 4.78 is 14.1. The number of hydrogen-bond donors (Lipinski definition) is 1. The molecule has 0 unspecified atom stereocenters. The van der Waals surface area contributed by atoms with Crippen LogP contribution in [-0.4, -0.2) is 25.7 Å². The molecular weight excluding hydrogens is 215 g/mol. The standard InChI is InChI=1S/C14H21FN2/c1-3-4-12-5-6-14(13(15)9-12)17-8-7-16-10-11(17)2/h5-6,9,11,16H,3-4,7-8,10H2,1-2H3/t11-/m1/s1. The summed E-state index contributed by atoms with van der Waals surface area (Å²) in [6.45, 7) is 6.98. The van der Waals surface area contributed by atoms with E-state index in [1.807, 2.05) is 6.07 Å². The lowest BCUT2D eigenvalue weighted by molar-refractivity contribution is 0.490. The zero-order valence-corrected chi connectivity index (χ0v) is 10.7. The lowest BCUT2D eigenvalue weighted by Gasteiger charge is -2.36. The third-order valence-corrected chi connectivity index (χ3v) is 3.36. The van der Waals surface area contributed by atoms with E-state index >= 15 is 0 Å². The average molecular weight is 236 g/mol. The van der Waals surface area contributed by atoms with Gasteiger partial charge in [0.15, 0.2) is 0 Å². The van der Waals surface area contributed by atoms with E-state index in [1.54, 1.807) is 6.07 Å². The van der Waals surface area contributed by atoms with Crippen LogP contribution in [0.3, 0.4) is 0 Å². The Morgan fingerprint density at radius 2 is 2.29 bits per heavy atom. The molecule has 0 spiro atoms. The maximum Gasteiger partial charge on any atom is 0.146 e. The van der Waals surface area contributed by atoms with Gasteiger partial charge in [0, 0.05) is 25.7 Å². The van der Waals surface area contributed by atoms with Crippen LogP contribution in [0.4, 0.5) is 10.1 Å². The first kappa shape index (κ1) is 12.4. The molecule has 1 heterocycles. The molecule has 94 valence electrons. The molecule has 0 aromatic heterocycles. The highest BCUT2D eigenvalue weighted by molar-refractivity contribution is 5.50. The second-order valence-electron chi connectivity index (χ2n) is 4.78. The van der Waals surface area contributed by atoms with Crippen molar-refractivity contribution in [1.82, 2.24) is 5.32 Å². The zero-order valence-electron chi connectivity index (χ0n) is 10.7. The lowest BCUT2D eigenvalue weighted by atomic mass is 10.1. The topological polar surface area (TPSA) is 15.3 Å². The van der Waals surface area contributed by atoms with Crippen molar-refractivity contribution in [2.75, 3.05) is 24.5 Å². The van der Waals surface area contributed by atoms with E-state index in [1.165, 1.54) is 0 Å². The van der Waals surface area contributed by atoms with Crippen molar-refractivity contribution >= 4 is 5.69 Å². The average Bonchev–Trinajstić information content (AvgIpc) is 2.31. The highest BCUT2D eigenvalue weighted by Crippen LogP contribution is 2.23. The van der Waals surface area contributed by atoms with Crippen molar-refractivity contribution in [3.8, 4) is 0 Å². The Morgan fingerprint density at radius 3 is 2.94 bits per heavy atom. The Hall–Kier alpha value is -1.09. The second kappa shape index (κ2) is 5.50. The van der Waals surface area contributed by atoms with Gasteiger partial charge < -0.3 is 10.2 Å². The van der Waals surface area contributed by atoms with Crippen molar-refractivity contribution < 1.29 is 4.39 Å². The van der Waals surface area contributed by atoms with Gasteiger partial charge >= 0.3 is 0 Å². The number of benzene rings is 1. The summed E-state index contributed by atoms with van der Waals surface area (Å²) in [5.41, 5.74) is 1.84. The molecule has 0 saturated carbocycles. The number of halogens is 1. The van der Waals surface area contributed by atoms with E-state index in [0.717, 1.165) is 43.7 Å². The van der Waals surface area contributed by atoms with E-state index in [4.69, 9.17) is 0 Å². The molecule has 1 fully saturated rings. The predicted octanol–water partition coefficient (Wildman–Crippen LogP) is 2.58. The summed E-state index contributed by atoms with van der Waals surface area (Å²) in [5.74, 6) is -0.0790. The Morgan fingerprint density at radius 1 is 1.47 bits per heavy atom. The van der Waals surface area contributed by atoms with Crippen LogP contribution in [-0.2, 0) is 6.42 Å². The molecule has 1 atom stereocenters. The molecule has 1 aliphatic rings. The minimum absolute atomic E-state index is 0.0790. The predicted molar refractivity (Wildman–Crippen MR) is 70.1 cm³/mol. The first-order chi connectivity index (χ1) is 8.22. The molecular formula is C14H21FN2. The van der Waals surface area contributed by atoms with Crippen LogP contribution in [0, 0.1) is 5.82 Å². The molecule has 2 nitrogen and oxygen atoms in total. The summed E-state index contributed by atoms with van der Waals surface area (Å²) in [4.78, 5) is 2.15. The van der Waals surface area contributed by atoms with Crippen LogP contribution >= 0.6 is 0 Å². The van der Waals surface area contributed by atoms with E-state index in [2.05, 4.69) is 30.1 Å². The maximum atomic E-state index is 14.1. The van der Waals surface area contributed by atoms with Crippen molar-refractivity contribution in [3.63, 3.8) is 0 Å². The Balaban J connectivity index is 2.20. The van der Waals surface area contributed by atoms with Gasteiger partial charge in [-0.15, -0.1) is 0 Å². The van der Waals surface area contributed by atoms with Gasteiger partial charge in [-0.05, 0) is 31.0 Å². The molecule has 0 bridgehead atoms. The summed E-state index contributed by atoms with van der Waals surface area (Å²) in [7, 11) is 0. The van der Waals surface area contributed by atoms with Gasteiger partial charge in [0.2, 0.25) is 0 Å². The van der Waals surface area contributed by atoms with Crippen molar-refractivity contribution in [3.05, 3.63) is 29.6 Å². The molecule has 1 aromatic carbocycles. The van der Waals surface area contributed by atoms with E-state index in [9.17, 15) is 4.39 Å². The second-order valence-corrected chi connectivity index (χ2v) is 4.78. The summed E-state index contributed by atoms with van der Waals surface area (Å²) in [5, 5.41) is 3.32. The Kier molecular flexibility index (Phi) is 4.00. The van der Waals surface area contributed by atoms with Crippen LogP contribution < -0.4 is 10.2 Å². The zero-order chi connectivity index (χ0) is 12.3. The number of hydrogen-bond acceptors (Lipinski definition) is 2. The molecule has 2 rings (SSSR count). The molecule has 1 aliphatic heterocycles. The highest BCUT2D eigenvalue weighted by Gasteiger charge is 2.20. The van der Waals surface area contributed by atoms with Gasteiger partial charge in [0.25, 0.3) is 0 Å². The summed E-state index contributed by atoms with van der Waals surface area (Å²) >= 11 is 0. The molecule has 0 amide bonds. The number of piperazine rings is 1. The van der Waals surface area contributed by atoms with Crippen molar-refractivity contribution in [2.45, 2.75) is 32.7 Å². The van der Waals surface area contributed by atoms with Crippen LogP contribution in [0.1, 0.15) is 25.8 Å². The Bertz CT molecular complexity index is 378. The Labute approximate surface area is 103 Å². The number of nitrogens with one attached hydrogen (secondary N) is 1. The smallest absolute Gasteiger partial charge is 0.146 e. The molecule has 3 heteroatoms. The van der Waals surface area contributed by atoms with Gasteiger partial charge in [0.05, 0.1) is 5.69 Å². The largest absolute Gasteiger partial charge is 0.364 e. The van der Waals surface area contributed by atoms with Crippen molar-refractivity contribution in [2.24, 2.45) is 0 Å². The van der Waals surface area contributed by atoms with Crippen LogP contribution in [0.25, 0.3) is 0 Å². The van der Waals surface area contributed by atoms with E-state index in [0.29, 0.717) is 6.04 Å². The number of aryl methyl sites for hydroxylation is 1. The minimum atomic E-state index is -0.0790. The lowest BCUT2D eigenvalue weighted by Crippen LogP contribution is -2.50. The summed E-state index contributed by atoms with van der Waals surface area (Å²) in [6, 6.07) is 6.03. The fraction of sp³-hybridized carbons (Fsp3) is 0.571. The normalized spacial score (nSPS) is 20.6. The third kappa shape index (κ3) is 2.78. The summed E-state index contributed by atoms with van der Waals surface area (Å²) in [6.07, 6.45) is 2.01. The van der Waals surface area contributed by atoms with E-state index < -0.39 is 0 Å². The van der Waals surface area contributed by atoms with Crippen LogP contribution in [0.15, 0.2) is 18.2 Å². The van der Waals surface area contributed by atoms with E-state index in [-0.39, 0.29) is 5.82 Å². The first-order valence-electron chi connectivity index (χ1n) is 6.48. The number of nitrogens with zero attached hydrogens (tertiary/aromatic N) is 1. The molecule has 1 aromatic rings. The van der Waals surface area contributed by atoms with Crippen molar-refractivity contribution in [1.29, 1.82) is 0 Å². The minimum Gasteiger partial charge on any atom is -0.364 e. The number of anilines is 1. The molecule has 0 radical (unpaired) electrons. The molecule has 1 saturated heterocycles. The first-order valence-corrected chi connectivity index (χ1v) is 6.48. The van der Waals surface area contributed by atoms with Gasteiger partial charge in [0.1, 0.15) is 5.82 Å². The quantitative estimate of drug-likeness (QED) is 0.867. The molecule has 0 aliphatic carbocycles. The fourth-order valence-electron chi connectivity index (χ4n) is 2.43. The van der Waals surface area contributed by atoms with Crippen LogP contribution in [0.5, 0.6) is 0 Å². The number of rotatable bonds is 3. The fourth-order valence-corrected chi connectivity index (χ4v) is 2.43. The monoisotopic (exact) mass is 236 g/mol. The van der Waals surface area contributed by atoms with Gasteiger partial charge in [-0.25, -0.2) is 4.39 Å². The molecule has 17 heavy (non-hydrogen) atoms. The SMILES string of the molecule is CCCc1ccc(N2CCNC[C@H]2C)c(F)c1. The third-order valence-electron chi connectivity index (χ3n) is 3.36. The van der Waals surface area contributed by atoms with Gasteiger partial charge in [-0.2, -0.15) is 0 Å².